The van der Waals surface area contributed by atoms with Gasteiger partial charge < -0.3 is 10.6 Å². The molecule has 2 N–H and O–H groups in total. The van der Waals surface area contributed by atoms with Crippen molar-refractivity contribution in [2.24, 2.45) is 5.73 Å². The lowest BCUT2D eigenvalue weighted by molar-refractivity contribution is 0.607. The van der Waals surface area contributed by atoms with E-state index in [2.05, 4.69) is 14.3 Å². The van der Waals surface area contributed by atoms with Crippen LogP contribution in [0, 0.1) is 6.92 Å². The van der Waals surface area contributed by atoms with Crippen LogP contribution in [-0.2, 0) is 0 Å². The molecule has 1 aliphatic carbocycles. The summed E-state index contributed by atoms with van der Waals surface area (Å²) >= 11 is 1.49. The standard InChI is InChI=1S/C10H18N4S/c1-8-12-10(15-13-8)14(7-6-11)9-4-2-3-5-9/h9H,2-7,11H2,1H3. The summed E-state index contributed by atoms with van der Waals surface area (Å²) in [6, 6.07) is 0.640. The summed E-state index contributed by atoms with van der Waals surface area (Å²) < 4.78 is 4.24. The SMILES string of the molecule is Cc1nsc(N(CCN)C2CCCC2)n1. The first kappa shape index (κ1) is 10.8. The van der Waals surface area contributed by atoms with Gasteiger partial charge in [-0.25, -0.2) is 4.98 Å². The molecule has 0 unspecified atom stereocenters. The second-order valence-electron chi connectivity index (χ2n) is 4.04. The van der Waals surface area contributed by atoms with E-state index >= 15 is 0 Å². The van der Waals surface area contributed by atoms with Crippen LogP contribution in [-0.4, -0.2) is 28.5 Å². The Morgan fingerprint density at radius 2 is 2.20 bits per heavy atom. The van der Waals surface area contributed by atoms with E-state index < -0.39 is 0 Å². The first-order chi connectivity index (χ1) is 7.31. The number of anilines is 1. The average Bonchev–Trinajstić information content (AvgIpc) is 2.85. The van der Waals surface area contributed by atoms with Gasteiger partial charge in [0.2, 0.25) is 5.13 Å². The second kappa shape index (κ2) is 4.90. The molecular weight excluding hydrogens is 208 g/mol. The van der Waals surface area contributed by atoms with Gasteiger partial charge in [0.25, 0.3) is 0 Å². The van der Waals surface area contributed by atoms with Crippen molar-refractivity contribution in [3.8, 4) is 0 Å². The van der Waals surface area contributed by atoms with Crippen LogP contribution in [0.3, 0.4) is 0 Å². The van der Waals surface area contributed by atoms with E-state index in [1.807, 2.05) is 6.92 Å². The zero-order chi connectivity index (χ0) is 10.7. The van der Waals surface area contributed by atoms with Gasteiger partial charge in [-0.05, 0) is 19.8 Å². The number of hydrogen-bond donors (Lipinski definition) is 1. The van der Waals surface area contributed by atoms with Crippen LogP contribution < -0.4 is 10.6 Å². The molecule has 0 bridgehead atoms. The molecule has 1 aliphatic rings. The summed E-state index contributed by atoms with van der Waals surface area (Å²) in [5, 5.41) is 1.05. The lowest BCUT2D eigenvalue weighted by Crippen LogP contribution is -2.37. The molecule has 2 rings (SSSR count). The predicted octanol–water partition coefficient (Wildman–Crippen LogP) is 1.55. The third kappa shape index (κ3) is 2.46. The third-order valence-corrected chi connectivity index (χ3v) is 3.74. The van der Waals surface area contributed by atoms with Gasteiger partial charge in [-0.15, -0.1) is 0 Å². The molecule has 0 saturated heterocycles. The quantitative estimate of drug-likeness (QED) is 0.846. The van der Waals surface area contributed by atoms with Gasteiger partial charge in [0, 0.05) is 30.7 Å². The van der Waals surface area contributed by atoms with E-state index in [1.165, 1.54) is 37.2 Å². The highest BCUT2D eigenvalue weighted by Crippen LogP contribution is 2.28. The summed E-state index contributed by atoms with van der Waals surface area (Å²) in [5.41, 5.74) is 5.66. The minimum Gasteiger partial charge on any atom is -0.343 e. The van der Waals surface area contributed by atoms with Crippen LogP contribution in [0.5, 0.6) is 0 Å². The van der Waals surface area contributed by atoms with Crippen molar-refractivity contribution in [1.82, 2.24) is 9.36 Å². The first-order valence-electron chi connectivity index (χ1n) is 5.58. The smallest absolute Gasteiger partial charge is 0.205 e. The minimum atomic E-state index is 0.640. The fourth-order valence-corrected chi connectivity index (χ4v) is 2.96. The maximum Gasteiger partial charge on any atom is 0.205 e. The molecule has 5 heteroatoms. The molecular formula is C10H18N4S. The normalized spacial score (nSPS) is 17.2. The second-order valence-corrected chi connectivity index (χ2v) is 4.77. The zero-order valence-electron chi connectivity index (χ0n) is 9.15. The van der Waals surface area contributed by atoms with Gasteiger partial charge >= 0.3 is 0 Å². The van der Waals surface area contributed by atoms with E-state index in [4.69, 9.17) is 5.73 Å². The summed E-state index contributed by atoms with van der Waals surface area (Å²) in [4.78, 5) is 6.80. The summed E-state index contributed by atoms with van der Waals surface area (Å²) in [6.45, 7) is 3.53. The van der Waals surface area contributed by atoms with Crippen molar-refractivity contribution in [1.29, 1.82) is 0 Å². The molecule has 4 nitrogen and oxygen atoms in total. The number of hydrogen-bond acceptors (Lipinski definition) is 5. The molecule has 0 amide bonds. The zero-order valence-corrected chi connectivity index (χ0v) is 9.96. The Kier molecular flexibility index (Phi) is 3.53. The van der Waals surface area contributed by atoms with Crippen LogP contribution in [0.2, 0.25) is 0 Å². The number of aromatic nitrogens is 2. The highest BCUT2D eigenvalue weighted by Gasteiger charge is 2.24. The maximum absolute atomic E-state index is 5.66. The molecule has 84 valence electrons. The summed E-state index contributed by atoms with van der Waals surface area (Å²) in [5.74, 6) is 0.870. The van der Waals surface area contributed by atoms with Crippen molar-refractivity contribution >= 4 is 16.7 Å². The highest BCUT2D eigenvalue weighted by molar-refractivity contribution is 7.09. The van der Waals surface area contributed by atoms with Crippen molar-refractivity contribution in [3.63, 3.8) is 0 Å². The summed E-state index contributed by atoms with van der Waals surface area (Å²) in [6.07, 6.45) is 5.23. The Hall–Kier alpha value is -0.680. The van der Waals surface area contributed by atoms with Crippen molar-refractivity contribution in [2.75, 3.05) is 18.0 Å². The number of nitrogens with zero attached hydrogens (tertiary/aromatic N) is 3. The molecule has 1 aromatic heterocycles. The van der Waals surface area contributed by atoms with Gasteiger partial charge in [-0.1, -0.05) is 12.8 Å². The molecule has 15 heavy (non-hydrogen) atoms. The van der Waals surface area contributed by atoms with Gasteiger partial charge in [0.15, 0.2) is 0 Å². The maximum atomic E-state index is 5.66. The van der Waals surface area contributed by atoms with Crippen LogP contribution in [0.1, 0.15) is 31.5 Å². The molecule has 0 aliphatic heterocycles. The molecule has 0 atom stereocenters. The molecule has 0 aromatic carbocycles. The van der Waals surface area contributed by atoms with Crippen LogP contribution in [0.25, 0.3) is 0 Å². The van der Waals surface area contributed by atoms with Crippen LogP contribution in [0.4, 0.5) is 5.13 Å². The predicted molar refractivity (Wildman–Crippen MR) is 63.3 cm³/mol. The monoisotopic (exact) mass is 226 g/mol. The largest absolute Gasteiger partial charge is 0.343 e. The van der Waals surface area contributed by atoms with E-state index in [0.717, 1.165) is 17.5 Å². The highest BCUT2D eigenvalue weighted by atomic mass is 32.1. The van der Waals surface area contributed by atoms with Crippen molar-refractivity contribution < 1.29 is 0 Å². The van der Waals surface area contributed by atoms with E-state index in [1.54, 1.807) is 0 Å². The molecule has 1 saturated carbocycles. The van der Waals surface area contributed by atoms with Crippen LogP contribution in [0.15, 0.2) is 0 Å². The lowest BCUT2D eigenvalue weighted by Gasteiger charge is -2.27. The Morgan fingerprint density at radius 3 is 2.73 bits per heavy atom. The van der Waals surface area contributed by atoms with Gasteiger partial charge in [-0.2, -0.15) is 4.37 Å². The Morgan fingerprint density at radius 1 is 1.47 bits per heavy atom. The fourth-order valence-electron chi connectivity index (χ4n) is 2.19. The fraction of sp³-hybridized carbons (Fsp3) is 0.800. The lowest BCUT2D eigenvalue weighted by atomic mass is 10.2. The topological polar surface area (TPSA) is 55.0 Å². The number of rotatable bonds is 4. The summed E-state index contributed by atoms with van der Waals surface area (Å²) in [7, 11) is 0. The molecule has 1 heterocycles. The van der Waals surface area contributed by atoms with Gasteiger partial charge in [-0.3, -0.25) is 0 Å². The first-order valence-corrected chi connectivity index (χ1v) is 6.35. The molecule has 1 fully saturated rings. The Balaban J connectivity index is 2.11. The van der Waals surface area contributed by atoms with E-state index in [-0.39, 0.29) is 0 Å². The minimum absolute atomic E-state index is 0.640. The number of nitrogens with two attached hydrogens (primary N) is 1. The van der Waals surface area contributed by atoms with Gasteiger partial charge in [0.1, 0.15) is 5.82 Å². The third-order valence-electron chi connectivity index (χ3n) is 2.90. The molecule has 0 spiro atoms. The van der Waals surface area contributed by atoms with E-state index in [0.29, 0.717) is 12.6 Å². The average molecular weight is 226 g/mol. The van der Waals surface area contributed by atoms with Crippen LogP contribution >= 0.6 is 11.5 Å². The van der Waals surface area contributed by atoms with Gasteiger partial charge in [0.05, 0.1) is 0 Å². The van der Waals surface area contributed by atoms with Crippen molar-refractivity contribution in [2.45, 2.75) is 38.6 Å². The van der Waals surface area contributed by atoms with E-state index in [9.17, 15) is 0 Å². The molecule has 0 radical (unpaired) electrons. The Bertz CT molecular complexity index is 306. The number of aryl methyl sites for hydroxylation is 1. The van der Waals surface area contributed by atoms with Crippen molar-refractivity contribution in [3.05, 3.63) is 5.82 Å². The Labute approximate surface area is 94.7 Å². The molecule has 1 aromatic rings.